The molecule has 7 heteroatoms. The molecule has 0 saturated carbocycles. The number of anilines is 3. The highest BCUT2D eigenvalue weighted by Crippen LogP contribution is 2.23. The Kier molecular flexibility index (Phi) is 7.09. The molecule has 7 nitrogen and oxygen atoms in total. The predicted molar refractivity (Wildman–Crippen MR) is 130 cm³/mol. The van der Waals surface area contributed by atoms with Gasteiger partial charge in [0.2, 0.25) is 0 Å². The molecule has 0 unspecified atom stereocenters. The van der Waals surface area contributed by atoms with Crippen LogP contribution in [0.1, 0.15) is 23.2 Å². The van der Waals surface area contributed by atoms with Crippen molar-refractivity contribution < 1.29 is 14.3 Å². The lowest BCUT2D eigenvalue weighted by Gasteiger charge is -2.32. The fourth-order valence-corrected chi connectivity index (χ4v) is 3.83. The van der Waals surface area contributed by atoms with Crippen LogP contribution in [0.15, 0.2) is 78.9 Å². The zero-order chi connectivity index (χ0) is 23.0. The smallest absolute Gasteiger partial charge is 0.321 e. The maximum Gasteiger partial charge on any atom is 0.321 e. The number of likely N-dealkylation sites (tertiary alicyclic amines) is 1. The summed E-state index contributed by atoms with van der Waals surface area (Å²) in [7, 11) is 1.63. The summed E-state index contributed by atoms with van der Waals surface area (Å²) in [5.74, 6) is 0.647. The number of hydrogen-bond donors (Lipinski definition) is 3. The summed E-state index contributed by atoms with van der Waals surface area (Å²) in [6.45, 7) is 1.19. The Balaban J connectivity index is 1.32. The normalized spacial score (nSPS) is 13.8. The van der Waals surface area contributed by atoms with Crippen LogP contribution in [0.25, 0.3) is 0 Å². The minimum absolute atomic E-state index is 0.0207. The molecule has 1 fully saturated rings. The van der Waals surface area contributed by atoms with Crippen LogP contribution in [0.5, 0.6) is 5.75 Å². The summed E-state index contributed by atoms with van der Waals surface area (Å²) >= 11 is 0. The number of nitrogens with zero attached hydrogens (tertiary/aromatic N) is 1. The standard InChI is InChI=1S/C26H28N4O3/c1-33-22-13-11-20(12-14-22)27-24-10-6-5-9-23(24)25(31)28-21-15-17-30(18-16-21)26(32)29-19-7-3-2-4-8-19/h2-14,21,27H,15-18H2,1H3,(H,28,31)(H,29,32). The molecule has 3 aromatic rings. The molecule has 1 aliphatic rings. The number of ether oxygens (including phenoxy) is 1. The summed E-state index contributed by atoms with van der Waals surface area (Å²) in [6, 6.07) is 24.3. The Morgan fingerprint density at radius 1 is 0.848 bits per heavy atom. The van der Waals surface area contributed by atoms with Gasteiger partial charge >= 0.3 is 6.03 Å². The zero-order valence-electron chi connectivity index (χ0n) is 18.6. The number of amides is 3. The van der Waals surface area contributed by atoms with Crippen molar-refractivity contribution in [1.29, 1.82) is 0 Å². The average molecular weight is 445 g/mol. The maximum absolute atomic E-state index is 13.0. The third-order valence-corrected chi connectivity index (χ3v) is 5.68. The minimum atomic E-state index is -0.126. The van der Waals surface area contributed by atoms with E-state index in [0.717, 1.165) is 22.8 Å². The van der Waals surface area contributed by atoms with Crippen LogP contribution in [0.3, 0.4) is 0 Å². The molecule has 1 heterocycles. The molecule has 3 aromatic carbocycles. The summed E-state index contributed by atoms with van der Waals surface area (Å²) in [5.41, 5.74) is 2.96. The van der Waals surface area contributed by atoms with Crippen molar-refractivity contribution in [1.82, 2.24) is 10.2 Å². The van der Waals surface area contributed by atoms with E-state index in [-0.39, 0.29) is 18.0 Å². The highest BCUT2D eigenvalue weighted by Gasteiger charge is 2.25. The van der Waals surface area contributed by atoms with Gasteiger partial charge in [-0.25, -0.2) is 4.79 Å². The summed E-state index contributed by atoms with van der Waals surface area (Å²) in [4.78, 5) is 27.3. The van der Waals surface area contributed by atoms with Gasteiger partial charge in [-0.1, -0.05) is 30.3 Å². The van der Waals surface area contributed by atoms with E-state index in [4.69, 9.17) is 4.74 Å². The fraction of sp³-hybridized carbons (Fsp3) is 0.231. The van der Waals surface area contributed by atoms with Crippen molar-refractivity contribution >= 4 is 29.0 Å². The lowest BCUT2D eigenvalue weighted by atomic mass is 10.0. The van der Waals surface area contributed by atoms with Gasteiger partial charge in [-0.2, -0.15) is 0 Å². The molecule has 0 spiro atoms. The number of hydrogen-bond acceptors (Lipinski definition) is 4. The van der Waals surface area contributed by atoms with Crippen LogP contribution in [0.4, 0.5) is 21.9 Å². The second-order valence-corrected chi connectivity index (χ2v) is 7.93. The monoisotopic (exact) mass is 444 g/mol. The first kappa shape index (κ1) is 22.2. The van der Waals surface area contributed by atoms with E-state index in [2.05, 4.69) is 16.0 Å². The lowest BCUT2D eigenvalue weighted by molar-refractivity contribution is 0.0920. The minimum Gasteiger partial charge on any atom is -0.497 e. The number of methoxy groups -OCH3 is 1. The highest BCUT2D eigenvalue weighted by molar-refractivity contribution is 6.00. The van der Waals surface area contributed by atoms with Gasteiger partial charge in [0, 0.05) is 30.5 Å². The average Bonchev–Trinajstić information content (AvgIpc) is 2.86. The Bertz CT molecular complexity index is 1080. The number of benzene rings is 3. The van der Waals surface area contributed by atoms with Gasteiger partial charge in [-0.3, -0.25) is 4.79 Å². The van der Waals surface area contributed by atoms with Crippen LogP contribution in [0.2, 0.25) is 0 Å². The molecule has 0 radical (unpaired) electrons. The quantitative estimate of drug-likeness (QED) is 0.507. The first-order valence-corrected chi connectivity index (χ1v) is 11.0. The Morgan fingerprint density at radius 3 is 2.21 bits per heavy atom. The molecule has 0 aromatic heterocycles. The fourth-order valence-electron chi connectivity index (χ4n) is 3.83. The van der Waals surface area contributed by atoms with Crippen molar-refractivity contribution in [3.05, 3.63) is 84.4 Å². The number of nitrogens with one attached hydrogen (secondary N) is 3. The molecule has 3 N–H and O–H groups in total. The van der Waals surface area contributed by atoms with E-state index in [9.17, 15) is 9.59 Å². The van der Waals surface area contributed by atoms with Crippen LogP contribution in [0, 0.1) is 0 Å². The molecule has 33 heavy (non-hydrogen) atoms. The third-order valence-electron chi connectivity index (χ3n) is 5.68. The maximum atomic E-state index is 13.0. The molecular formula is C26H28N4O3. The van der Waals surface area contributed by atoms with Gasteiger partial charge < -0.3 is 25.6 Å². The number of carbonyl (C=O) groups excluding carboxylic acids is 2. The van der Waals surface area contributed by atoms with E-state index in [1.165, 1.54) is 0 Å². The van der Waals surface area contributed by atoms with Gasteiger partial charge in [0.25, 0.3) is 5.91 Å². The van der Waals surface area contributed by atoms with Crippen LogP contribution >= 0.6 is 0 Å². The molecule has 0 aliphatic carbocycles. The van der Waals surface area contributed by atoms with Gasteiger partial charge in [0.05, 0.1) is 18.4 Å². The van der Waals surface area contributed by atoms with Crippen LogP contribution < -0.4 is 20.7 Å². The molecule has 1 saturated heterocycles. The van der Waals surface area contributed by atoms with Gasteiger partial charge in [0.15, 0.2) is 0 Å². The third kappa shape index (κ3) is 5.83. The van der Waals surface area contributed by atoms with E-state index < -0.39 is 0 Å². The molecule has 0 atom stereocenters. The summed E-state index contributed by atoms with van der Waals surface area (Å²) in [5, 5.41) is 9.36. The Hall–Kier alpha value is -4.00. The van der Waals surface area contributed by atoms with E-state index >= 15 is 0 Å². The highest BCUT2D eigenvalue weighted by atomic mass is 16.5. The molecule has 4 rings (SSSR count). The predicted octanol–water partition coefficient (Wildman–Crippen LogP) is 4.87. The molecule has 1 aliphatic heterocycles. The topological polar surface area (TPSA) is 82.7 Å². The van der Waals surface area contributed by atoms with E-state index in [1.54, 1.807) is 12.0 Å². The molecular weight excluding hydrogens is 416 g/mol. The Morgan fingerprint density at radius 2 is 1.52 bits per heavy atom. The number of para-hydroxylation sites is 2. The number of rotatable bonds is 6. The van der Waals surface area contributed by atoms with Crippen molar-refractivity contribution in [3.63, 3.8) is 0 Å². The van der Waals surface area contributed by atoms with Crippen LogP contribution in [-0.2, 0) is 0 Å². The lowest BCUT2D eigenvalue weighted by Crippen LogP contribution is -2.47. The number of piperidine rings is 1. The van der Waals surface area contributed by atoms with E-state index in [0.29, 0.717) is 31.5 Å². The summed E-state index contributed by atoms with van der Waals surface area (Å²) in [6.07, 6.45) is 1.42. The number of carbonyl (C=O) groups is 2. The van der Waals surface area contributed by atoms with Crippen LogP contribution in [-0.4, -0.2) is 43.1 Å². The van der Waals surface area contributed by atoms with Crippen molar-refractivity contribution in [2.45, 2.75) is 18.9 Å². The zero-order valence-corrected chi connectivity index (χ0v) is 18.6. The first-order chi connectivity index (χ1) is 16.1. The molecule has 170 valence electrons. The summed E-state index contributed by atoms with van der Waals surface area (Å²) < 4.78 is 5.20. The number of urea groups is 1. The first-order valence-electron chi connectivity index (χ1n) is 11.0. The largest absolute Gasteiger partial charge is 0.497 e. The second kappa shape index (κ2) is 10.5. The Labute approximate surface area is 193 Å². The SMILES string of the molecule is COc1ccc(Nc2ccccc2C(=O)NC2CCN(C(=O)Nc3ccccc3)CC2)cc1. The van der Waals surface area contributed by atoms with Gasteiger partial charge in [-0.05, 0) is 61.4 Å². The van der Waals surface area contributed by atoms with Crippen molar-refractivity contribution in [3.8, 4) is 5.75 Å². The molecule has 0 bridgehead atoms. The van der Waals surface area contributed by atoms with E-state index in [1.807, 2.05) is 78.9 Å². The second-order valence-electron chi connectivity index (χ2n) is 7.93. The van der Waals surface area contributed by atoms with Crippen molar-refractivity contribution in [2.75, 3.05) is 30.8 Å². The van der Waals surface area contributed by atoms with Gasteiger partial charge in [0.1, 0.15) is 5.75 Å². The molecule has 3 amide bonds. The van der Waals surface area contributed by atoms with Gasteiger partial charge in [-0.15, -0.1) is 0 Å². The van der Waals surface area contributed by atoms with Crippen molar-refractivity contribution in [2.24, 2.45) is 0 Å².